The lowest BCUT2D eigenvalue weighted by Gasteiger charge is -2.32. The normalized spacial score (nSPS) is 19.5. The summed E-state index contributed by atoms with van der Waals surface area (Å²) in [5, 5.41) is 18.4. The number of nitrogens with zero attached hydrogens (tertiary/aromatic N) is 8. The minimum atomic E-state index is -2.74. The molecule has 0 aromatic carbocycles. The summed E-state index contributed by atoms with van der Waals surface area (Å²) in [6.45, 7) is 1.37. The van der Waals surface area contributed by atoms with Gasteiger partial charge in [-0.2, -0.15) is 25.5 Å². The van der Waals surface area contributed by atoms with Gasteiger partial charge in [0.25, 0.3) is 5.92 Å². The van der Waals surface area contributed by atoms with E-state index < -0.39 is 17.8 Å². The maximum Gasteiger partial charge on any atom is 0.321 e. The zero-order valence-electron chi connectivity index (χ0n) is 17.6. The van der Waals surface area contributed by atoms with Crippen LogP contribution in [0, 0.1) is 34.5 Å². The van der Waals surface area contributed by atoms with Crippen LogP contribution in [0.2, 0.25) is 0 Å². The summed E-state index contributed by atoms with van der Waals surface area (Å²) in [6.07, 6.45) is 4.15. The Morgan fingerprint density at radius 2 is 1.88 bits per heavy atom. The number of aromatic nitrogens is 5. The molecule has 13 heteroatoms. The minimum Gasteiger partial charge on any atom is -0.488 e. The molecule has 1 aliphatic carbocycles. The average Bonchev–Trinajstić information content (AvgIpc) is 3.44. The molecule has 11 nitrogen and oxygen atoms in total. The number of nitrogen functional groups attached to an aromatic ring is 1. The lowest BCUT2D eigenvalue weighted by molar-refractivity contribution is 0.0841. The van der Waals surface area contributed by atoms with E-state index in [1.807, 2.05) is 17.0 Å². The van der Waals surface area contributed by atoms with E-state index in [1.165, 1.54) is 12.5 Å². The van der Waals surface area contributed by atoms with Gasteiger partial charge in [0.2, 0.25) is 5.95 Å². The lowest BCUT2D eigenvalue weighted by atomic mass is 9.98. The highest BCUT2D eigenvalue weighted by molar-refractivity contribution is 5.42. The van der Waals surface area contributed by atoms with Gasteiger partial charge in [-0.15, -0.1) is 0 Å². The largest absolute Gasteiger partial charge is 0.488 e. The van der Waals surface area contributed by atoms with Crippen LogP contribution in [0.15, 0.2) is 12.5 Å². The van der Waals surface area contributed by atoms with E-state index in [0.717, 1.165) is 12.8 Å². The second-order valence-corrected chi connectivity index (χ2v) is 7.95. The van der Waals surface area contributed by atoms with Gasteiger partial charge in [-0.05, 0) is 18.8 Å². The van der Waals surface area contributed by atoms with Crippen LogP contribution < -0.4 is 20.1 Å². The molecule has 33 heavy (non-hydrogen) atoms. The third-order valence-electron chi connectivity index (χ3n) is 5.59. The molecule has 0 radical (unpaired) electrons. The molecule has 2 fully saturated rings. The summed E-state index contributed by atoms with van der Waals surface area (Å²) >= 11 is 0. The quantitative estimate of drug-likeness (QED) is 0.614. The SMILES string of the molecule is N#CC(C#N)c1nc(OCC2CC2(F)F)nc(N2CCC(COc3cncnc3N)CC2)n1. The molecule has 2 aromatic heterocycles. The smallest absolute Gasteiger partial charge is 0.321 e. The van der Waals surface area contributed by atoms with Crippen molar-refractivity contribution in [2.45, 2.75) is 31.1 Å². The van der Waals surface area contributed by atoms with Crippen LogP contribution in [0.3, 0.4) is 0 Å². The molecule has 0 spiro atoms. The zero-order chi connectivity index (χ0) is 23.4. The third-order valence-corrected chi connectivity index (χ3v) is 5.59. The number of nitrogens with two attached hydrogens (primary N) is 1. The van der Waals surface area contributed by atoms with Crippen molar-refractivity contribution in [3.63, 3.8) is 0 Å². The van der Waals surface area contributed by atoms with Crippen LogP contribution in [0.5, 0.6) is 11.8 Å². The van der Waals surface area contributed by atoms with Crippen LogP contribution in [-0.2, 0) is 0 Å². The van der Waals surface area contributed by atoms with Gasteiger partial charge in [0.15, 0.2) is 23.3 Å². The molecule has 0 bridgehead atoms. The summed E-state index contributed by atoms with van der Waals surface area (Å²) < 4.78 is 37.4. The molecule has 1 saturated heterocycles. The number of nitriles is 2. The summed E-state index contributed by atoms with van der Waals surface area (Å²) in [5.41, 5.74) is 5.77. The number of halogens is 2. The van der Waals surface area contributed by atoms with Gasteiger partial charge >= 0.3 is 6.01 Å². The molecule has 1 unspecified atom stereocenters. The fourth-order valence-electron chi connectivity index (χ4n) is 3.41. The lowest BCUT2D eigenvalue weighted by Crippen LogP contribution is -2.37. The average molecular weight is 457 g/mol. The fourth-order valence-corrected chi connectivity index (χ4v) is 3.41. The number of anilines is 2. The molecule has 0 amide bonds. The van der Waals surface area contributed by atoms with Crippen molar-refractivity contribution in [2.24, 2.45) is 11.8 Å². The second kappa shape index (κ2) is 9.32. The Morgan fingerprint density at radius 1 is 1.15 bits per heavy atom. The topological polar surface area (TPSA) is 160 Å². The Labute approximate surface area is 188 Å². The van der Waals surface area contributed by atoms with Crippen LogP contribution in [0.1, 0.15) is 31.0 Å². The first-order chi connectivity index (χ1) is 15.9. The number of hydrogen-bond donors (Lipinski definition) is 1. The number of ether oxygens (including phenoxy) is 2. The molecule has 172 valence electrons. The second-order valence-electron chi connectivity index (χ2n) is 7.95. The van der Waals surface area contributed by atoms with E-state index in [2.05, 4.69) is 24.9 Å². The first kappa shape index (κ1) is 22.3. The van der Waals surface area contributed by atoms with Crippen LogP contribution >= 0.6 is 0 Å². The highest BCUT2D eigenvalue weighted by Gasteiger charge is 2.57. The fraction of sp³-hybridized carbons (Fsp3) is 0.550. The van der Waals surface area contributed by atoms with E-state index in [9.17, 15) is 19.3 Å². The minimum absolute atomic E-state index is 0.0624. The summed E-state index contributed by atoms with van der Waals surface area (Å²) in [6, 6.07) is 3.46. The maximum atomic E-state index is 13.2. The van der Waals surface area contributed by atoms with Gasteiger partial charge < -0.3 is 20.1 Å². The zero-order valence-corrected chi connectivity index (χ0v) is 17.6. The number of rotatable bonds is 8. The molecule has 1 aliphatic heterocycles. The van der Waals surface area contributed by atoms with E-state index >= 15 is 0 Å². The number of hydrogen-bond acceptors (Lipinski definition) is 11. The van der Waals surface area contributed by atoms with Crippen molar-refractivity contribution in [2.75, 3.05) is 36.9 Å². The van der Waals surface area contributed by atoms with Gasteiger partial charge in [0, 0.05) is 19.5 Å². The van der Waals surface area contributed by atoms with E-state index in [0.29, 0.717) is 25.4 Å². The highest BCUT2D eigenvalue weighted by atomic mass is 19.3. The molecule has 1 atom stereocenters. The van der Waals surface area contributed by atoms with Crippen molar-refractivity contribution in [3.8, 4) is 23.9 Å². The summed E-state index contributed by atoms with van der Waals surface area (Å²) in [5.74, 6) is -3.70. The van der Waals surface area contributed by atoms with Crippen LogP contribution in [0.25, 0.3) is 0 Å². The standard InChI is InChI=1S/C20H21F2N9O2/c21-20(22)5-14(20)10-33-19-29-17(13(6-23)7-24)28-18(30-19)31-3-1-12(2-4-31)9-32-15-8-26-11-27-16(15)25/h8,11-14H,1-5,9-10H2,(H2,25,26,27). The van der Waals surface area contributed by atoms with Crippen molar-refractivity contribution >= 4 is 11.8 Å². The van der Waals surface area contributed by atoms with Crippen molar-refractivity contribution in [1.29, 1.82) is 10.5 Å². The molecule has 2 N–H and O–H groups in total. The first-order valence-electron chi connectivity index (χ1n) is 10.4. The van der Waals surface area contributed by atoms with E-state index in [-0.39, 0.29) is 42.5 Å². The van der Waals surface area contributed by atoms with Crippen molar-refractivity contribution in [3.05, 3.63) is 18.3 Å². The van der Waals surface area contributed by atoms with Gasteiger partial charge in [-0.3, -0.25) is 0 Å². The summed E-state index contributed by atoms with van der Waals surface area (Å²) in [4.78, 5) is 22.2. The van der Waals surface area contributed by atoms with Crippen LogP contribution in [0.4, 0.5) is 20.5 Å². The first-order valence-corrected chi connectivity index (χ1v) is 10.4. The molecule has 2 aromatic rings. The predicted molar refractivity (Wildman–Crippen MR) is 109 cm³/mol. The van der Waals surface area contributed by atoms with Crippen molar-refractivity contribution < 1.29 is 18.3 Å². The molecular formula is C20H21F2N9O2. The molecule has 1 saturated carbocycles. The molecule has 2 aliphatic rings. The number of piperidine rings is 1. The Hall–Kier alpha value is -3.87. The Morgan fingerprint density at radius 3 is 2.52 bits per heavy atom. The highest BCUT2D eigenvalue weighted by Crippen LogP contribution is 2.48. The van der Waals surface area contributed by atoms with Gasteiger partial charge in [0.1, 0.15) is 12.9 Å². The Bertz CT molecular complexity index is 1070. The molecule has 4 rings (SSSR count). The number of alkyl halides is 2. The summed E-state index contributed by atoms with van der Waals surface area (Å²) in [7, 11) is 0. The van der Waals surface area contributed by atoms with Gasteiger partial charge in [0.05, 0.1) is 30.9 Å². The van der Waals surface area contributed by atoms with Crippen LogP contribution in [-0.4, -0.2) is 57.1 Å². The molecule has 3 heterocycles. The molecular weight excluding hydrogens is 436 g/mol. The van der Waals surface area contributed by atoms with Crippen molar-refractivity contribution in [1.82, 2.24) is 24.9 Å². The Kier molecular flexibility index (Phi) is 6.31. The Balaban J connectivity index is 1.40. The van der Waals surface area contributed by atoms with Gasteiger partial charge in [-0.1, -0.05) is 0 Å². The van der Waals surface area contributed by atoms with Gasteiger partial charge in [-0.25, -0.2) is 18.7 Å². The van der Waals surface area contributed by atoms with E-state index in [4.69, 9.17) is 15.2 Å². The monoisotopic (exact) mass is 457 g/mol. The maximum absolute atomic E-state index is 13.2. The predicted octanol–water partition coefficient (Wildman–Crippen LogP) is 1.70. The third kappa shape index (κ3) is 5.31. The van der Waals surface area contributed by atoms with E-state index in [1.54, 1.807) is 0 Å².